The lowest BCUT2D eigenvalue weighted by atomic mass is 9.99. The SMILES string of the molecule is Cc1ccc(C(=O)c2cn(Cc3cccc(N(C)C)n3)c3ccccc3c2=O)cc1C. The molecule has 0 aliphatic heterocycles. The van der Waals surface area contributed by atoms with Crippen molar-refractivity contribution in [1.82, 2.24) is 9.55 Å². The molecule has 0 saturated carbocycles. The van der Waals surface area contributed by atoms with Gasteiger partial charge in [-0.3, -0.25) is 9.59 Å². The number of nitrogens with zero attached hydrogens (tertiary/aromatic N) is 3. The summed E-state index contributed by atoms with van der Waals surface area (Å²) in [6, 6.07) is 18.8. The van der Waals surface area contributed by atoms with Crippen molar-refractivity contribution in [2.75, 3.05) is 19.0 Å². The number of para-hydroxylation sites is 1. The van der Waals surface area contributed by atoms with Crippen LogP contribution < -0.4 is 10.3 Å². The Morgan fingerprint density at radius 3 is 2.48 bits per heavy atom. The highest BCUT2D eigenvalue weighted by Crippen LogP contribution is 2.18. The summed E-state index contributed by atoms with van der Waals surface area (Å²) in [7, 11) is 3.89. The van der Waals surface area contributed by atoms with Gasteiger partial charge in [0.25, 0.3) is 0 Å². The number of benzene rings is 2. The smallest absolute Gasteiger partial charge is 0.200 e. The lowest BCUT2D eigenvalue weighted by Crippen LogP contribution is -2.20. The topological polar surface area (TPSA) is 55.2 Å². The van der Waals surface area contributed by atoms with Gasteiger partial charge in [0.15, 0.2) is 5.78 Å². The summed E-state index contributed by atoms with van der Waals surface area (Å²) in [4.78, 5) is 33.1. The average Bonchev–Trinajstić information content (AvgIpc) is 2.77. The molecule has 2 heterocycles. The highest BCUT2D eigenvalue weighted by Gasteiger charge is 2.18. The number of hydrogen-bond acceptors (Lipinski definition) is 4. The van der Waals surface area contributed by atoms with Crippen LogP contribution in [-0.4, -0.2) is 29.4 Å². The maximum atomic E-state index is 13.3. The molecule has 0 aliphatic carbocycles. The Labute approximate surface area is 181 Å². The first-order valence-electron chi connectivity index (χ1n) is 10.2. The number of rotatable bonds is 5. The van der Waals surface area contributed by atoms with E-state index in [-0.39, 0.29) is 16.8 Å². The quantitative estimate of drug-likeness (QED) is 0.458. The molecule has 31 heavy (non-hydrogen) atoms. The Morgan fingerprint density at radius 2 is 1.74 bits per heavy atom. The first-order valence-corrected chi connectivity index (χ1v) is 10.2. The summed E-state index contributed by atoms with van der Waals surface area (Å²) in [5.41, 5.74) is 4.22. The third-order valence-corrected chi connectivity index (χ3v) is 5.58. The van der Waals surface area contributed by atoms with Crippen LogP contribution in [0.25, 0.3) is 10.9 Å². The van der Waals surface area contributed by atoms with Crippen LogP contribution in [0.15, 0.2) is 71.7 Å². The Morgan fingerprint density at radius 1 is 0.968 bits per heavy atom. The van der Waals surface area contributed by atoms with Crippen LogP contribution in [0.5, 0.6) is 0 Å². The van der Waals surface area contributed by atoms with Crippen LogP contribution in [0.3, 0.4) is 0 Å². The molecule has 0 atom stereocenters. The van der Waals surface area contributed by atoms with Crippen LogP contribution in [-0.2, 0) is 6.54 Å². The molecule has 156 valence electrons. The molecule has 0 saturated heterocycles. The van der Waals surface area contributed by atoms with E-state index < -0.39 is 0 Å². The molecule has 0 N–H and O–H groups in total. The van der Waals surface area contributed by atoms with Gasteiger partial charge in [-0.2, -0.15) is 0 Å². The normalized spacial score (nSPS) is 11.0. The summed E-state index contributed by atoms with van der Waals surface area (Å²) in [5, 5.41) is 0.529. The molecule has 0 bridgehead atoms. The van der Waals surface area contributed by atoms with Gasteiger partial charge < -0.3 is 9.47 Å². The van der Waals surface area contributed by atoms with Gasteiger partial charge >= 0.3 is 0 Å². The van der Waals surface area contributed by atoms with Crippen molar-refractivity contribution in [1.29, 1.82) is 0 Å². The molecule has 0 radical (unpaired) electrons. The van der Waals surface area contributed by atoms with E-state index in [4.69, 9.17) is 4.98 Å². The standard InChI is InChI=1S/C26H25N3O2/c1-17-12-13-19(14-18(17)2)25(30)22-16-29(23-10-6-5-9-21(23)26(22)31)15-20-8-7-11-24(27-20)28(3)4/h5-14,16H,15H2,1-4H3. The van der Waals surface area contributed by atoms with E-state index >= 15 is 0 Å². The second-order valence-corrected chi connectivity index (χ2v) is 8.03. The molecule has 0 unspecified atom stereocenters. The largest absolute Gasteiger partial charge is 0.363 e. The van der Waals surface area contributed by atoms with Crippen molar-refractivity contribution in [3.63, 3.8) is 0 Å². The number of ketones is 1. The number of fused-ring (bicyclic) bond motifs is 1. The third kappa shape index (κ3) is 3.99. The third-order valence-electron chi connectivity index (χ3n) is 5.58. The zero-order valence-electron chi connectivity index (χ0n) is 18.2. The monoisotopic (exact) mass is 411 g/mol. The Balaban J connectivity index is 1.85. The minimum atomic E-state index is -0.261. The van der Waals surface area contributed by atoms with E-state index in [0.717, 1.165) is 28.2 Å². The summed E-state index contributed by atoms with van der Waals surface area (Å²) < 4.78 is 1.94. The molecule has 2 aromatic carbocycles. The van der Waals surface area contributed by atoms with E-state index in [1.165, 1.54) is 0 Å². The maximum Gasteiger partial charge on any atom is 0.200 e. The van der Waals surface area contributed by atoms with E-state index in [2.05, 4.69) is 0 Å². The van der Waals surface area contributed by atoms with Crippen molar-refractivity contribution in [3.8, 4) is 0 Å². The van der Waals surface area contributed by atoms with Crippen molar-refractivity contribution in [2.45, 2.75) is 20.4 Å². The number of hydrogen-bond donors (Lipinski definition) is 0. The fourth-order valence-electron chi connectivity index (χ4n) is 3.65. The number of pyridine rings is 2. The van der Waals surface area contributed by atoms with Gasteiger partial charge in [-0.15, -0.1) is 0 Å². The van der Waals surface area contributed by atoms with E-state index in [0.29, 0.717) is 17.5 Å². The summed E-state index contributed by atoms with van der Waals surface area (Å²) in [6.07, 6.45) is 1.67. The molecule has 0 aliphatic rings. The fraction of sp³-hybridized carbons (Fsp3) is 0.192. The van der Waals surface area contributed by atoms with Gasteiger partial charge in [-0.1, -0.05) is 30.3 Å². The zero-order chi connectivity index (χ0) is 22.1. The van der Waals surface area contributed by atoms with Crippen LogP contribution >= 0.6 is 0 Å². The van der Waals surface area contributed by atoms with Gasteiger partial charge in [-0.05, 0) is 55.3 Å². The molecular formula is C26H25N3O2. The molecule has 2 aromatic heterocycles. The molecule has 5 heteroatoms. The predicted molar refractivity (Wildman–Crippen MR) is 125 cm³/mol. The van der Waals surface area contributed by atoms with E-state index in [1.54, 1.807) is 18.3 Å². The van der Waals surface area contributed by atoms with Gasteiger partial charge in [0.1, 0.15) is 5.82 Å². The number of carbonyl (C=O) groups is 1. The summed E-state index contributed by atoms with van der Waals surface area (Å²) in [5.74, 6) is 0.594. The maximum absolute atomic E-state index is 13.3. The minimum absolute atomic E-state index is 0.172. The number of aromatic nitrogens is 2. The van der Waals surface area contributed by atoms with Crippen molar-refractivity contribution in [2.24, 2.45) is 0 Å². The molecular weight excluding hydrogens is 386 g/mol. The second-order valence-electron chi connectivity index (χ2n) is 8.03. The van der Waals surface area contributed by atoms with Gasteiger partial charge in [0.05, 0.1) is 23.3 Å². The predicted octanol–water partition coefficient (Wildman–Crippen LogP) is 4.36. The van der Waals surface area contributed by atoms with Crippen molar-refractivity contribution >= 4 is 22.5 Å². The number of carbonyl (C=O) groups excluding carboxylic acids is 1. The Bertz CT molecular complexity index is 1350. The molecule has 5 nitrogen and oxygen atoms in total. The van der Waals surface area contributed by atoms with Crippen LogP contribution in [0.2, 0.25) is 0 Å². The highest BCUT2D eigenvalue weighted by atomic mass is 16.1. The Hall–Kier alpha value is -3.73. The van der Waals surface area contributed by atoms with Crippen LogP contribution in [0.4, 0.5) is 5.82 Å². The minimum Gasteiger partial charge on any atom is -0.363 e. The lowest BCUT2D eigenvalue weighted by Gasteiger charge is -2.15. The average molecular weight is 412 g/mol. The molecule has 0 amide bonds. The Kier molecular flexibility index (Phi) is 5.42. The van der Waals surface area contributed by atoms with Crippen LogP contribution in [0, 0.1) is 13.8 Å². The van der Waals surface area contributed by atoms with Crippen LogP contribution in [0.1, 0.15) is 32.7 Å². The van der Waals surface area contributed by atoms with Gasteiger partial charge in [0, 0.05) is 31.2 Å². The first kappa shape index (κ1) is 20.5. The fourth-order valence-corrected chi connectivity index (χ4v) is 3.65. The van der Waals surface area contributed by atoms with Crippen molar-refractivity contribution < 1.29 is 4.79 Å². The molecule has 0 spiro atoms. The zero-order valence-corrected chi connectivity index (χ0v) is 18.2. The number of aryl methyl sites for hydroxylation is 2. The number of anilines is 1. The summed E-state index contributed by atoms with van der Waals surface area (Å²) in [6.45, 7) is 4.42. The second kappa shape index (κ2) is 8.19. The summed E-state index contributed by atoms with van der Waals surface area (Å²) >= 11 is 0. The first-order chi connectivity index (χ1) is 14.8. The van der Waals surface area contributed by atoms with E-state index in [9.17, 15) is 9.59 Å². The molecule has 4 rings (SSSR count). The van der Waals surface area contributed by atoms with Gasteiger partial charge in [0.2, 0.25) is 5.43 Å². The van der Waals surface area contributed by atoms with E-state index in [1.807, 2.05) is 85.9 Å². The van der Waals surface area contributed by atoms with Gasteiger partial charge in [-0.25, -0.2) is 4.98 Å². The molecule has 4 aromatic rings. The highest BCUT2D eigenvalue weighted by molar-refractivity contribution is 6.10. The lowest BCUT2D eigenvalue weighted by molar-refractivity contribution is 0.103. The molecule has 0 fully saturated rings. The van der Waals surface area contributed by atoms with Crippen molar-refractivity contribution in [3.05, 3.63) is 105 Å².